The molecule has 0 radical (unpaired) electrons. The number of carbonyl (C=O) groups excluding carboxylic acids is 1. The summed E-state index contributed by atoms with van der Waals surface area (Å²) in [6, 6.07) is 0. The first-order chi connectivity index (χ1) is 9.71. The molecule has 0 fully saturated rings. The molecule has 4 heteroatoms. The van der Waals surface area contributed by atoms with Gasteiger partial charge >= 0.3 is 0 Å². The van der Waals surface area contributed by atoms with Crippen LogP contribution in [0.2, 0.25) is 0 Å². The summed E-state index contributed by atoms with van der Waals surface area (Å²) in [4.78, 5) is 12.2. The molecule has 1 rings (SSSR count). The Bertz CT molecular complexity index is 502. The van der Waals surface area contributed by atoms with Crippen LogP contribution in [0.25, 0.3) is 0 Å². The van der Waals surface area contributed by atoms with Gasteiger partial charge in [-0.2, -0.15) is 0 Å². The Morgan fingerprint density at radius 1 is 1.05 bits per heavy atom. The number of Topliss-reactive ketones (excluding diaryl/α,β-unsaturated/α-hetero) is 1. The van der Waals surface area contributed by atoms with E-state index in [9.17, 15) is 4.79 Å². The fourth-order valence-corrected chi connectivity index (χ4v) is 2.88. The molecule has 0 aromatic rings. The van der Waals surface area contributed by atoms with E-state index in [0.717, 1.165) is 5.57 Å². The number of hydrogen-bond donors (Lipinski definition) is 0. The lowest BCUT2D eigenvalue weighted by Gasteiger charge is -2.41. The predicted molar refractivity (Wildman–Crippen MR) is 94.5 cm³/mol. The molecule has 0 aromatic heterocycles. The fraction of sp³-hybridized carbons (Fsp3) is 0.722. The van der Waals surface area contributed by atoms with Gasteiger partial charge in [0.1, 0.15) is 4.84 Å². The number of ether oxygens (including phenoxy) is 1. The first kappa shape index (κ1) is 19.7. The molecule has 22 heavy (non-hydrogen) atoms. The van der Waals surface area contributed by atoms with Crippen LogP contribution in [-0.4, -0.2) is 22.3 Å². The quantitative estimate of drug-likeness (QED) is 0.632. The molecule has 0 bridgehead atoms. The van der Waals surface area contributed by atoms with Crippen molar-refractivity contribution in [3.05, 3.63) is 23.3 Å². The molecule has 0 spiro atoms. The summed E-state index contributed by atoms with van der Waals surface area (Å²) in [6.07, 6.45) is 3.62. The van der Waals surface area contributed by atoms with Gasteiger partial charge in [-0.05, 0) is 36.3 Å². The van der Waals surface area contributed by atoms with Crippen molar-refractivity contribution in [3.8, 4) is 0 Å². The SMILES string of the molecule is CC(C)OC1(C(Cl)Cl)C=C(C(C)(C)C)C=C(C(C)(C)C)C1=O. The lowest BCUT2D eigenvalue weighted by atomic mass is 9.70. The summed E-state index contributed by atoms with van der Waals surface area (Å²) < 4.78 is 5.97. The molecule has 0 amide bonds. The van der Waals surface area contributed by atoms with Crippen LogP contribution in [0.1, 0.15) is 55.4 Å². The summed E-state index contributed by atoms with van der Waals surface area (Å²) in [5.41, 5.74) is -0.0467. The smallest absolute Gasteiger partial charge is 0.197 e. The third kappa shape index (κ3) is 3.96. The number of ketones is 1. The number of hydrogen-bond acceptors (Lipinski definition) is 2. The maximum atomic E-state index is 13.1. The summed E-state index contributed by atoms with van der Waals surface area (Å²) >= 11 is 12.5. The van der Waals surface area contributed by atoms with E-state index in [2.05, 4.69) is 20.8 Å². The van der Waals surface area contributed by atoms with Gasteiger partial charge in [-0.1, -0.05) is 47.6 Å². The fourth-order valence-electron chi connectivity index (χ4n) is 2.45. The van der Waals surface area contributed by atoms with Gasteiger partial charge in [0.05, 0.1) is 6.10 Å². The number of allylic oxidation sites excluding steroid dienone is 2. The average Bonchev–Trinajstić information content (AvgIpc) is 2.27. The third-order valence-corrected chi connectivity index (χ3v) is 4.35. The normalized spacial score (nSPS) is 23.9. The summed E-state index contributed by atoms with van der Waals surface area (Å²) in [5.74, 6) is -0.142. The van der Waals surface area contributed by atoms with Crippen molar-refractivity contribution in [2.45, 2.75) is 71.9 Å². The van der Waals surface area contributed by atoms with E-state index in [1.165, 1.54) is 0 Å². The minimum absolute atomic E-state index is 0.133. The minimum atomic E-state index is -1.32. The highest BCUT2D eigenvalue weighted by molar-refractivity contribution is 6.47. The highest BCUT2D eigenvalue weighted by atomic mass is 35.5. The van der Waals surface area contributed by atoms with Crippen molar-refractivity contribution < 1.29 is 9.53 Å². The van der Waals surface area contributed by atoms with E-state index in [1.807, 2.05) is 46.8 Å². The van der Waals surface area contributed by atoms with Crippen molar-refractivity contribution in [3.63, 3.8) is 0 Å². The summed E-state index contributed by atoms with van der Waals surface area (Å²) in [7, 11) is 0. The molecule has 126 valence electrons. The van der Waals surface area contributed by atoms with E-state index in [0.29, 0.717) is 5.57 Å². The molecule has 0 aliphatic heterocycles. The van der Waals surface area contributed by atoms with Crippen LogP contribution in [-0.2, 0) is 9.53 Å². The predicted octanol–water partition coefficient (Wildman–Crippen LogP) is 5.48. The third-order valence-electron chi connectivity index (χ3n) is 3.70. The average molecular weight is 347 g/mol. The molecule has 0 heterocycles. The van der Waals surface area contributed by atoms with E-state index < -0.39 is 10.4 Å². The zero-order chi connectivity index (χ0) is 17.5. The Hall–Kier alpha value is -0.310. The van der Waals surface area contributed by atoms with E-state index in [4.69, 9.17) is 27.9 Å². The van der Waals surface area contributed by atoms with Crippen LogP contribution < -0.4 is 0 Å². The zero-order valence-electron chi connectivity index (χ0n) is 14.9. The molecule has 0 saturated heterocycles. The largest absolute Gasteiger partial charge is 0.357 e. The Morgan fingerprint density at radius 3 is 1.86 bits per heavy atom. The molecule has 0 saturated carbocycles. The minimum Gasteiger partial charge on any atom is -0.357 e. The number of rotatable bonds is 3. The first-order valence-electron chi connectivity index (χ1n) is 7.68. The summed E-state index contributed by atoms with van der Waals surface area (Å²) in [6.45, 7) is 16.1. The van der Waals surface area contributed by atoms with E-state index >= 15 is 0 Å². The second-order valence-electron chi connectivity index (χ2n) is 8.25. The van der Waals surface area contributed by atoms with Crippen molar-refractivity contribution in [2.75, 3.05) is 0 Å². The van der Waals surface area contributed by atoms with Gasteiger partial charge in [-0.3, -0.25) is 4.79 Å². The lowest BCUT2D eigenvalue weighted by Crippen LogP contribution is -2.51. The van der Waals surface area contributed by atoms with Gasteiger partial charge < -0.3 is 4.74 Å². The molecular formula is C18H28Cl2O2. The van der Waals surface area contributed by atoms with Crippen molar-refractivity contribution in [1.82, 2.24) is 0 Å². The van der Waals surface area contributed by atoms with Gasteiger partial charge in [0, 0.05) is 5.57 Å². The highest BCUT2D eigenvalue weighted by Crippen LogP contribution is 2.44. The number of alkyl halides is 2. The maximum absolute atomic E-state index is 13.1. The van der Waals surface area contributed by atoms with Crippen LogP contribution in [0.15, 0.2) is 23.3 Å². The van der Waals surface area contributed by atoms with E-state index in [1.54, 1.807) is 0 Å². The van der Waals surface area contributed by atoms with Crippen LogP contribution in [0.5, 0.6) is 0 Å². The van der Waals surface area contributed by atoms with Crippen LogP contribution in [0.3, 0.4) is 0 Å². The van der Waals surface area contributed by atoms with Crippen molar-refractivity contribution in [2.24, 2.45) is 10.8 Å². The lowest BCUT2D eigenvalue weighted by molar-refractivity contribution is -0.139. The number of carbonyl (C=O) groups is 1. The Labute approximate surface area is 144 Å². The second-order valence-corrected chi connectivity index (χ2v) is 9.34. The van der Waals surface area contributed by atoms with E-state index in [-0.39, 0.29) is 22.7 Å². The molecule has 1 aliphatic carbocycles. The Kier molecular flexibility index (Phi) is 5.65. The zero-order valence-corrected chi connectivity index (χ0v) is 16.4. The van der Waals surface area contributed by atoms with Gasteiger partial charge in [0.25, 0.3) is 0 Å². The molecule has 1 aliphatic rings. The van der Waals surface area contributed by atoms with Crippen molar-refractivity contribution >= 4 is 29.0 Å². The molecule has 1 atom stereocenters. The standard InChI is InChI=1S/C18H28Cl2O2/c1-11(2)22-18(15(19)20)10-12(16(3,4)5)9-13(14(18)21)17(6,7)8/h9-11,15H,1-8H3. The monoisotopic (exact) mass is 346 g/mol. The molecular weight excluding hydrogens is 319 g/mol. The Balaban J connectivity index is 3.61. The highest BCUT2D eigenvalue weighted by Gasteiger charge is 2.50. The molecule has 1 unspecified atom stereocenters. The van der Waals surface area contributed by atoms with Crippen LogP contribution >= 0.6 is 23.2 Å². The second kappa shape index (κ2) is 6.30. The molecule has 2 nitrogen and oxygen atoms in total. The van der Waals surface area contributed by atoms with Gasteiger partial charge in [-0.25, -0.2) is 0 Å². The summed E-state index contributed by atoms with van der Waals surface area (Å²) in [5, 5.41) is 0. The van der Waals surface area contributed by atoms with Crippen LogP contribution in [0.4, 0.5) is 0 Å². The Morgan fingerprint density at radius 2 is 1.55 bits per heavy atom. The maximum Gasteiger partial charge on any atom is 0.197 e. The van der Waals surface area contributed by atoms with Gasteiger partial charge in [0.2, 0.25) is 0 Å². The first-order valence-corrected chi connectivity index (χ1v) is 8.55. The number of halogens is 2. The van der Waals surface area contributed by atoms with Gasteiger partial charge in [-0.15, -0.1) is 23.2 Å². The van der Waals surface area contributed by atoms with Gasteiger partial charge in [0.15, 0.2) is 11.4 Å². The molecule has 0 aromatic carbocycles. The van der Waals surface area contributed by atoms with Crippen LogP contribution in [0, 0.1) is 10.8 Å². The topological polar surface area (TPSA) is 26.3 Å². The van der Waals surface area contributed by atoms with Crippen molar-refractivity contribution in [1.29, 1.82) is 0 Å². The molecule has 0 N–H and O–H groups in total.